The maximum absolute atomic E-state index is 10.4. The second kappa shape index (κ2) is 2.90. The van der Waals surface area contributed by atoms with Crippen LogP contribution in [0.15, 0.2) is 5.38 Å². The number of hydrogen-bond donors (Lipinski definition) is 1. The molecule has 0 aliphatic carbocycles. The zero-order valence-electron chi connectivity index (χ0n) is 6.10. The van der Waals surface area contributed by atoms with E-state index in [4.69, 9.17) is 5.11 Å². The second-order valence-corrected chi connectivity index (χ2v) is 3.00. The van der Waals surface area contributed by atoms with Gasteiger partial charge in [-0.3, -0.25) is 10.1 Å². The highest BCUT2D eigenvalue weighted by Crippen LogP contribution is 2.28. The molecule has 6 heteroatoms. The maximum atomic E-state index is 10.4. The number of thiophene rings is 1. The molecule has 0 spiro atoms. The molecule has 1 aromatic rings. The Hall–Kier alpha value is -1.43. The van der Waals surface area contributed by atoms with Crippen LogP contribution in [-0.2, 0) is 0 Å². The molecule has 1 N–H and O–H groups in total. The summed E-state index contributed by atoms with van der Waals surface area (Å²) in [6.45, 7) is 1.43. The highest BCUT2D eigenvalue weighted by Gasteiger charge is 2.20. The molecule has 1 rings (SSSR count). The summed E-state index contributed by atoms with van der Waals surface area (Å²) in [5, 5.41) is 20.0. The third kappa shape index (κ3) is 1.28. The molecular formula is C6H5NO4S. The van der Waals surface area contributed by atoms with Crippen molar-refractivity contribution in [3.05, 3.63) is 26.6 Å². The van der Waals surface area contributed by atoms with Crippen LogP contribution in [0.1, 0.15) is 15.9 Å². The Labute approximate surface area is 71.4 Å². The van der Waals surface area contributed by atoms with E-state index in [1.54, 1.807) is 0 Å². The predicted molar refractivity (Wildman–Crippen MR) is 42.7 cm³/mol. The van der Waals surface area contributed by atoms with Gasteiger partial charge in [-0.25, -0.2) is 4.79 Å². The third-order valence-electron chi connectivity index (χ3n) is 1.41. The van der Waals surface area contributed by atoms with Crippen LogP contribution in [0.3, 0.4) is 0 Å². The van der Waals surface area contributed by atoms with Crippen LogP contribution in [0.4, 0.5) is 5.00 Å². The number of carboxylic acids is 1. The summed E-state index contributed by atoms with van der Waals surface area (Å²) in [7, 11) is 0. The summed E-state index contributed by atoms with van der Waals surface area (Å²) in [5.74, 6) is -1.13. The van der Waals surface area contributed by atoms with Gasteiger partial charge in [0.05, 0.1) is 16.1 Å². The quantitative estimate of drug-likeness (QED) is 0.564. The number of carbonyl (C=O) groups is 1. The van der Waals surface area contributed by atoms with Crippen LogP contribution in [0.2, 0.25) is 0 Å². The molecule has 0 atom stereocenters. The van der Waals surface area contributed by atoms with E-state index in [2.05, 4.69) is 0 Å². The van der Waals surface area contributed by atoms with E-state index in [0.717, 1.165) is 11.3 Å². The molecule has 0 fully saturated rings. The average molecular weight is 187 g/mol. The zero-order valence-corrected chi connectivity index (χ0v) is 6.92. The molecule has 0 unspecified atom stereocenters. The predicted octanol–water partition coefficient (Wildman–Crippen LogP) is 1.66. The van der Waals surface area contributed by atoms with Gasteiger partial charge >= 0.3 is 11.0 Å². The van der Waals surface area contributed by atoms with Gasteiger partial charge in [-0.05, 0) is 6.92 Å². The largest absolute Gasteiger partial charge is 0.478 e. The highest BCUT2D eigenvalue weighted by molar-refractivity contribution is 7.13. The Balaban J connectivity index is 3.22. The molecule has 0 amide bonds. The van der Waals surface area contributed by atoms with E-state index in [1.807, 2.05) is 0 Å². The van der Waals surface area contributed by atoms with E-state index in [9.17, 15) is 14.9 Å². The first-order valence-electron chi connectivity index (χ1n) is 2.99. The van der Waals surface area contributed by atoms with Crippen molar-refractivity contribution in [1.29, 1.82) is 0 Å². The normalized spacial score (nSPS) is 9.75. The van der Waals surface area contributed by atoms with E-state index in [-0.39, 0.29) is 16.1 Å². The van der Waals surface area contributed by atoms with Crippen molar-refractivity contribution in [1.82, 2.24) is 0 Å². The van der Waals surface area contributed by atoms with Crippen molar-refractivity contribution in [2.75, 3.05) is 0 Å². The highest BCUT2D eigenvalue weighted by atomic mass is 32.1. The average Bonchev–Trinajstić information content (AvgIpc) is 2.30. The van der Waals surface area contributed by atoms with Crippen LogP contribution >= 0.6 is 11.3 Å². The smallest absolute Gasteiger partial charge is 0.337 e. The topological polar surface area (TPSA) is 80.4 Å². The lowest BCUT2D eigenvalue weighted by Crippen LogP contribution is -1.96. The standard InChI is InChI=1S/C6H5NO4S/c1-3-4(6(8)9)2-12-5(3)7(10)11/h2H,1H3,(H,8,9). The lowest BCUT2D eigenvalue weighted by Gasteiger charge is -1.89. The van der Waals surface area contributed by atoms with Gasteiger partial charge in [-0.15, -0.1) is 0 Å². The van der Waals surface area contributed by atoms with Gasteiger partial charge in [0.2, 0.25) is 0 Å². The number of aromatic carboxylic acids is 1. The molecule has 1 aromatic heterocycles. The van der Waals surface area contributed by atoms with Crippen molar-refractivity contribution < 1.29 is 14.8 Å². The van der Waals surface area contributed by atoms with Gasteiger partial charge in [-0.2, -0.15) is 0 Å². The maximum Gasteiger partial charge on any atom is 0.337 e. The van der Waals surface area contributed by atoms with Crippen molar-refractivity contribution in [2.24, 2.45) is 0 Å². The SMILES string of the molecule is Cc1c(C(=O)O)csc1[N+](=O)[O-]. The van der Waals surface area contributed by atoms with Crippen LogP contribution in [0, 0.1) is 17.0 Å². The molecule has 0 bridgehead atoms. The lowest BCUT2D eigenvalue weighted by molar-refractivity contribution is -0.380. The fourth-order valence-electron chi connectivity index (χ4n) is 0.797. The molecule has 5 nitrogen and oxygen atoms in total. The van der Waals surface area contributed by atoms with Gasteiger partial charge in [0, 0.05) is 5.38 Å². The molecule has 0 saturated carbocycles. The summed E-state index contributed by atoms with van der Waals surface area (Å²) in [6.07, 6.45) is 0. The molecule has 12 heavy (non-hydrogen) atoms. The molecule has 0 aromatic carbocycles. The fourth-order valence-corrected chi connectivity index (χ4v) is 1.68. The van der Waals surface area contributed by atoms with Gasteiger partial charge in [-0.1, -0.05) is 11.3 Å². The van der Waals surface area contributed by atoms with Crippen LogP contribution in [-0.4, -0.2) is 16.0 Å². The van der Waals surface area contributed by atoms with Crippen LogP contribution < -0.4 is 0 Å². The van der Waals surface area contributed by atoms with Gasteiger partial charge < -0.3 is 5.11 Å². The zero-order chi connectivity index (χ0) is 9.30. The lowest BCUT2D eigenvalue weighted by atomic mass is 10.2. The van der Waals surface area contributed by atoms with E-state index in [0.29, 0.717) is 0 Å². The van der Waals surface area contributed by atoms with Crippen molar-refractivity contribution >= 4 is 22.3 Å². The first-order valence-corrected chi connectivity index (χ1v) is 3.87. The molecule has 1 heterocycles. The summed E-state index contributed by atoms with van der Waals surface area (Å²) in [6, 6.07) is 0. The van der Waals surface area contributed by atoms with Crippen LogP contribution in [0.25, 0.3) is 0 Å². The fraction of sp³-hybridized carbons (Fsp3) is 0.167. The minimum atomic E-state index is -1.13. The third-order valence-corrected chi connectivity index (χ3v) is 2.44. The number of carboxylic acid groups (broad SMARTS) is 1. The molecule has 0 saturated heterocycles. The Morgan fingerprint density at radius 2 is 2.33 bits per heavy atom. The van der Waals surface area contributed by atoms with Gasteiger partial charge in [0.1, 0.15) is 0 Å². The molecule has 64 valence electrons. The Morgan fingerprint density at radius 1 is 1.75 bits per heavy atom. The summed E-state index contributed by atoms with van der Waals surface area (Å²) in [4.78, 5) is 20.1. The Bertz CT molecular complexity index is 312. The summed E-state index contributed by atoms with van der Waals surface area (Å²) >= 11 is 0.833. The molecule has 0 aliphatic heterocycles. The number of hydrogen-bond acceptors (Lipinski definition) is 4. The van der Waals surface area contributed by atoms with E-state index >= 15 is 0 Å². The molecule has 0 radical (unpaired) electrons. The summed E-state index contributed by atoms with van der Waals surface area (Å²) in [5.41, 5.74) is 0.226. The van der Waals surface area contributed by atoms with Gasteiger partial charge in [0.25, 0.3) is 0 Å². The van der Waals surface area contributed by atoms with Crippen molar-refractivity contribution in [3.8, 4) is 0 Å². The van der Waals surface area contributed by atoms with Crippen molar-refractivity contribution in [3.63, 3.8) is 0 Å². The second-order valence-electron chi connectivity index (χ2n) is 2.14. The molecule has 0 aliphatic rings. The van der Waals surface area contributed by atoms with Crippen LogP contribution in [0.5, 0.6) is 0 Å². The minimum Gasteiger partial charge on any atom is -0.478 e. The number of nitrogens with zero attached hydrogens (tertiary/aromatic N) is 1. The van der Waals surface area contributed by atoms with Crippen molar-refractivity contribution in [2.45, 2.75) is 6.92 Å². The first kappa shape index (κ1) is 8.66. The number of rotatable bonds is 2. The van der Waals surface area contributed by atoms with Gasteiger partial charge in [0.15, 0.2) is 0 Å². The number of nitro groups is 1. The Morgan fingerprint density at radius 3 is 2.58 bits per heavy atom. The monoisotopic (exact) mass is 187 g/mol. The Kier molecular flexibility index (Phi) is 2.09. The summed E-state index contributed by atoms with van der Waals surface area (Å²) < 4.78 is 0. The molecular weight excluding hydrogens is 182 g/mol. The minimum absolute atomic E-state index is 0.00620. The first-order chi connectivity index (χ1) is 5.54. The van der Waals surface area contributed by atoms with E-state index in [1.165, 1.54) is 12.3 Å². The van der Waals surface area contributed by atoms with E-state index < -0.39 is 10.9 Å².